The molecule has 0 bridgehead atoms. The first-order valence-electron chi connectivity index (χ1n) is 6.60. The summed E-state index contributed by atoms with van der Waals surface area (Å²) in [7, 11) is 0. The number of nitro groups is 1. The fourth-order valence-electron chi connectivity index (χ4n) is 1.96. The fraction of sp³-hybridized carbons (Fsp3) is 0.286. The summed E-state index contributed by atoms with van der Waals surface area (Å²) in [5.74, 6) is -0.551. The predicted molar refractivity (Wildman–Crippen MR) is 76.9 cm³/mol. The van der Waals surface area contributed by atoms with Gasteiger partial charge in [0.2, 0.25) is 5.69 Å². The summed E-state index contributed by atoms with van der Waals surface area (Å²) >= 11 is 0. The number of hydrogen-bond donors (Lipinski definition) is 1. The first-order chi connectivity index (χ1) is 10.0. The average Bonchev–Trinajstić information content (AvgIpc) is 2.92. The Labute approximate surface area is 121 Å². The van der Waals surface area contributed by atoms with Crippen LogP contribution in [0.4, 0.5) is 5.69 Å². The van der Waals surface area contributed by atoms with E-state index < -0.39 is 10.8 Å². The number of rotatable bonds is 5. The van der Waals surface area contributed by atoms with Crippen LogP contribution in [0.5, 0.6) is 0 Å². The summed E-state index contributed by atoms with van der Waals surface area (Å²) < 4.78 is 1.38. The first-order valence-corrected chi connectivity index (χ1v) is 6.60. The summed E-state index contributed by atoms with van der Waals surface area (Å²) in [6.07, 6.45) is 1.27. The van der Waals surface area contributed by atoms with Gasteiger partial charge in [0.25, 0.3) is 5.91 Å². The Balaban J connectivity index is 2.20. The van der Waals surface area contributed by atoms with Crippen molar-refractivity contribution < 1.29 is 9.72 Å². The fourth-order valence-corrected chi connectivity index (χ4v) is 1.96. The van der Waals surface area contributed by atoms with E-state index in [4.69, 9.17) is 0 Å². The minimum Gasteiger partial charge on any atom is -0.344 e. The van der Waals surface area contributed by atoms with E-state index in [1.165, 1.54) is 10.9 Å². The molecule has 0 radical (unpaired) electrons. The summed E-state index contributed by atoms with van der Waals surface area (Å²) in [6.45, 7) is 4.07. The minimum atomic E-state index is -0.596. The second-order valence-corrected chi connectivity index (χ2v) is 4.58. The van der Waals surface area contributed by atoms with E-state index in [-0.39, 0.29) is 17.4 Å². The molecular weight excluding hydrogens is 272 g/mol. The standard InChI is InChI=1S/C14H16N4O3/c1-3-17-9-12(18(20)21)13(16-17)14(19)15-10(2)11-7-5-4-6-8-11/h4-10H,3H2,1-2H3,(H,15,19). The van der Waals surface area contributed by atoms with Crippen LogP contribution in [0.2, 0.25) is 0 Å². The molecule has 1 heterocycles. The lowest BCUT2D eigenvalue weighted by Gasteiger charge is -2.12. The number of nitrogens with one attached hydrogen (secondary N) is 1. The number of hydrogen-bond acceptors (Lipinski definition) is 4. The molecule has 0 aliphatic heterocycles. The summed E-state index contributed by atoms with van der Waals surface area (Å²) in [5, 5.41) is 17.7. The molecular formula is C14H16N4O3. The first kappa shape index (κ1) is 14.7. The molecule has 1 N–H and O–H groups in total. The van der Waals surface area contributed by atoms with Crippen molar-refractivity contribution in [3.05, 3.63) is 57.9 Å². The van der Waals surface area contributed by atoms with Gasteiger partial charge in [0.1, 0.15) is 6.20 Å². The minimum absolute atomic E-state index is 0.162. The van der Waals surface area contributed by atoms with E-state index in [9.17, 15) is 14.9 Å². The highest BCUT2D eigenvalue weighted by atomic mass is 16.6. The average molecular weight is 288 g/mol. The van der Waals surface area contributed by atoms with E-state index in [0.29, 0.717) is 6.54 Å². The monoisotopic (exact) mass is 288 g/mol. The molecule has 1 aromatic heterocycles. The van der Waals surface area contributed by atoms with Gasteiger partial charge in [-0.2, -0.15) is 5.10 Å². The van der Waals surface area contributed by atoms with Crippen molar-refractivity contribution in [1.29, 1.82) is 0 Å². The van der Waals surface area contributed by atoms with Gasteiger partial charge in [0.15, 0.2) is 0 Å². The van der Waals surface area contributed by atoms with Crippen LogP contribution in [-0.4, -0.2) is 20.6 Å². The molecule has 0 aliphatic rings. The molecule has 0 fully saturated rings. The van der Waals surface area contributed by atoms with E-state index in [0.717, 1.165) is 5.56 Å². The maximum atomic E-state index is 12.2. The lowest BCUT2D eigenvalue weighted by Crippen LogP contribution is -2.27. The number of nitrogens with zero attached hydrogens (tertiary/aromatic N) is 3. The highest BCUT2D eigenvalue weighted by molar-refractivity contribution is 5.96. The van der Waals surface area contributed by atoms with Gasteiger partial charge in [0, 0.05) is 6.54 Å². The van der Waals surface area contributed by atoms with Gasteiger partial charge >= 0.3 is 5.69 Å². The Morgan fingerprint density at radius 2 is 2.10 bits per heavy atom. The van der Waals surface area contributed by atoms with E-state index in [1.54, 1.807) is 6.92 Å². The summed E-state index contributed by atoms with van der Waals surface area (Å²) in [4.78, 5) is 22.6. The summed E-state index contributed by atoms with van der Waals surface area (Å²) in [6, 6.07) is 9.11. The number of benzene rings is 1. The van der Waals surface area contributed by atoms with E-state index in [2.05, 4.69) is 10.4 Å². The number of aryl methyl sites for hydroxylation is 1. The van der Waals surface area contributed by atoms with Crippen molar-refractivity contribution in [3.8, 4) is 0 Å². The molecule has 0 aliphatic carbocycles. The van der Waals surface area contributed by atoms with Crippen molar-refractivity contribution in [3.63, 3.8) is 0 Å². The van der Waals surface area contributed by atoms with Crippen molar-refractivity contribution in [2.75, 3.05) is 0 Å². The Morgan fingerprint density at radius 1 is 1.43 bits per heavy atom. The Bertz CT molecular complexity index is 651. The molecule has 21 heavy (non-hydrogen) atoms. The molecule has 2 rings (SSSR count). The third-order valence-corrected chi connectivity index (χ3v) is 3.13. The van der Waals surface area contributed by atoms with Gasteiger partial charge < -0.3 is 5.32 Å². The molecule has 7 nitrogen and oxygen atoms in total. The lowest BCUT2D eigenvalue weighted by atomic mass is 10.1. The van der Waals surface area contributed by atoms with Crippen LogP contribution in [0, 0.1) is 10.1 Å². The van der Waals surface area contributed by atoms with Crippen LogP contribution in [0.25, 0.3) is 0 Å². The smallest absolute Gasteiger partial charge is 0.320 e. The van der Waals surface area contributed by atoms with Crippen LogP contribution < -0.4 is 5.32 Å². The van der Waals surface area contributed by atoms with Crippen LogP contribution in [0.1, 0.15) is 35.9 Å². The van der Waals surface area contributed by atoms with Crippen LogP contribution in [0.15, 0.2) is 36.5 Å². The topological polar surface area (TPSA) is 90.1 Å². The lowest BCUT2D eigenvalue weighted by molar-refractivity contribution is -0.385. The zero-order chi connectivity index (χ0) is 15.4. The van der Waals surface area contributed by atoms with Gasteiger partial charge in [0.05, 0.1) is 11.0 Å². The maximum Gasteiger partial charge on any atom is 0.320 e. The quantitative estimate of drug-likeness (QED) is 0.675. The maximum absolute atomic E-state index is 12.2. The van der Waals surface area contributed by atoms with Gasteiger partial charge in [-0.3, -0.25) is 19.6 Å². The van der Waals surface area contributed by atoms with Gasteiger partial charge in [-0.1, -0.05) is 30.3 Å². The molecule has 7 heteroatoms. The summed E-state index contributed by atoms with van der Waals surface area (Å²) in [5.41, 5.74) is 0.475. The third-order valence-electron chi connectivity index (χ3n) is 3.13. The van der Waals surface area contributed by atoms with Crippen molar-refractivity contribution in [2.45, 2.75) is 26.4 Å². The SMILES string of the molecule is CCn1cc([N+](=O)[O-])c(C(=O)NC(C)c2ccccc2)n1. The molecule has 1 aromatic carbocycles. The predicted octanol–water partition coefficient (Wildman–Crippen LogP) is 2.30. The number of aromatic nitrogens is 2. The van der Waals surface area contributed by atoms with Crippen molar-refractivity contribution in [2.24, 2.45) is 0 Å². The van der Waals surface area contributed by atoms with Gasteiger partial charge in [-0.05, 0) is 19.4 Å². The second kappa shape index (κ2) is 6.17. The van der Waals surface area contributed by atoms with E-state index >= 15 is 0 Å². The van der Waals surface area contributed by atoms with E-state index in [1.807, 2.05) is 37.3 Å². The number of carbonyl (C=O) groups is 1. The Hall–Kier alpha value is -2.70. The largest absolute Gasteiger partial charge is 0.344 e. The Morgan fingerprint density at radius 3 is 2.67 bits per heavy atom. The van der Waals surface area contributed by atoms with Gasteiger partial charge in [-0.25, -0.2) is 0 Å². The zero-order valence-electron chi connectivity index (χ0n) is 11.8. The van der Waals surface area contributed by atoms with Gasteiger partial charge in [-0.15, -0.1) is 0 Å². The molecule has 1 atom stereocenters. The molecule has 1 unspecified atom stereocenters. The zero-order valence-corrected chi connectivity index (χ0v) is 11.8. The van der Waals surface area contributed by atoms with Crippen LogP contribution in [-0.2, 0) is 6.54 Å². The number of amides is 1. The molecule has 110 valence electrons. The molecule has 2 aromatic rings. The Kier molecular flexibility index (Phi) is 4.32. The highest BCUT2D eigenvalue weighted by Gasteiger charge is 2.26. The normalized spacial score (nSPS) is 11.9. The molecule has 0 saturated heterocycles. The second-order valence-electron chi connectivity index (χ2n) is 4.58. The van der Waals surface area contributed by atoms with Crippen molar-refractivity contribution >= 4 is 11.6 Å². The molecule has 0 saturated carbocycles. The number of carbonyl (C=O) groups excluding carboxylic acids is 1. The van der Waals surface area contributed by atoms with Crippen molar-refractivity contribution in [1.82, 2.24) is 15.1 Å². The van der Waals surface area contributed by atoms with Crippen LogP contribution in [0.3, 0.4) is 0 Å². The highest BCUT2D eigenvalue weighted by Crippen LogP contribution is 2.18. The molecule has 0 spiro atoms. The van der Waals surface area contributed by atoms with Crippen LogP contribution >= 0.6 is 0 Å². The third kappa shape index (κ3) is 3.25. The molecule has 1 amide bonds.